The van der Waals surface area contributed by atoms with Gasteiger partial charge in [-0.25, -0.2) is 4.98 Å². The molecule has 2 rings (SSSR count). The van der Waals surface area contributed by atoms with E-state index in [9.17, 15) is 0 Å². The molecule has 0 fully saturated rings. The van der Waals surface area contributed by atoms with Crippen molar-refractivity contribution in [1.29, 1.82) is 0 Å². The average molecular weight is 302 g/mol. The SMILES string of the molecule is CCC(C)C(c1ccccc1)C(Cc1csc(C)n1)NC. The standard InChI is InChI=1S/C18H26N2S/c1-5-13(2)18(15-9-7-6-8-10-15)17(19-4)11-16-12-21-14(3)20-16/h6-10,12-13,17-19H,5,11H2,1-4H3. The molecule has 0 saturated heterocycles. The first-order chi connectivity index (χ1) is 10.2. The van der Waals surface area contributed by atoms with Crippen molar-refractivity contribution in [3.05, 3.63) is 52.0 Å². The van der Waals surface area contributed by atoms with Gasteiger partial charge in [0.25, 0.3) is 0 Å². The van der Waals surface area contributed by atoms with Crippen LogP contribution in [0.25, 0.3) is 0 Å². The van der Waals surface area contributed by atoms with E-state index in [2.05, 4.69) is 73.8 Å². The van der Waals surface area contributed by atoms with Crippen molar-refractivity contribution in [2.24, 2.45) is 5.92 Å². The molecule has 1 aromatic carbocycles. The lowest BCUT2D eigenvalue weighted by atomic mass is 9.78. The summed E-state index contributed by atoms with van der Waals surface area (Å²) in [5.74, 6) is 1.16. The average Bonchev–Trinajstić information content (AvgIpc) is 2.92. The summed E-state index contributed by atoms with van der Waals surface area (Å²) in [6.45, 7) is 6.71. The highest BCUT2D eigenvalue weighted by atomic mass is 32.1. The van der Waals surface area contributed by atoms with Gasteiger partial charge in [-0.15, -0.1) is 11.3 Å². The fourth-order valence-corrected chi connectivity index (χ4v) is 3.65. The number of benzene rings is 1. The van der Waals surface area contributed by atoms with Gasteiger partial charge in [0, 0.05) is 23.8 Å². The van der Waals surface area contributed by atoms with Crippen LogP contribution in [0.5, 0.6) is 0 Å². The summed E-state index contributed by atoms with van der Waals surface area (Å²) in [7, 11) is 2.07. The van der Waals surface area contributed by atoms with Crippen LogP contribution in [-0.2, 0) is 6.42 Å². The summed E-state index contributed by atoms with van der Waals surface area (Å²) >= 11 is 1.74. The van der Waals surface area contributed by atoms with Crippen LogP contribution in [0.1, 0.15) is 42.5 Å². The van der Waals surface area contributed by atoms with E-state index in [1.807, 2.05) is 0 Å². The first-order valence-electron chi connectivity index (χ1n) is 7.78. The Hall–Kier alpha value is -1.19. The Kier molecular flexibility index (Phi) is 5.95. The molecule has 1 aromatic heterocycles. The Morgan fingerprint density at radius 3 is 2.48 bits per heavy atom. The Balaban J connectivity index is 2.24. The minimum absolute atomic E-state index is 0.420. The summed E-state index contributed by atoms with van der Waals surface area (Å²) in [5, 5.41) is 6.88. The lowest BCUT2D eigenvalue weighted by molar-refractivity contribution is 0.345. The lowest BCUT2D eigenvalue weighted by Crippen LogP contribution is -2.37. The second-order valence-electron chi connectivity index (χ2n) is 5.78. The quantitative estimate of drug-likeness (QED) is 0.819. The van der Waals surface area contributed by atoms with Gasteiger partial charge in [-0.3, -0.25) is 0 Å². The van der Waals surface area contributed by atoms with Crippen LogP contribution in [0.15, 0.2) is 35.7 Å². The van der Waals surface area contributed by atoms with E-state index in [-0.39, 0.29) is 0 Å². The molecule has 0 spiro atoms. The molecule has 3 atom stereocenters. The van der Waals surface area contributed by atoms with Crippen LogP contribution < -0.4 is 5.32 Å². The maximum Gasteiger partial charge on any atom is 0.0897 e. The molecule has 114 valence electrons. The van der Waals surface area contributed by atoms with E-state index in [0.717, 1.165) is 11.4 Å². The highest BCUT2D eigenvalue weighted by Gasteiger charge is 2.27. The topological polar surface area (TPSA) is 24.9 Å². The molecule has 0 amide bonds. The number of aryl methyl sites for hydroxylation is 1. The molecule has 1 N–H and O–H groups in total. The number of nitrogens with one attached hydrogen (secondary N) is 1. The fraction of sp³-hybridized carbons (Fsp3) is 0.500. The number of thiazole rings is 1. The van der Waals surface area contributed by atoms with Crippen molar-refractivity contribution in [3.63, 3.8) is 0 Å². The minimum Gasteiger partial charge on any atom is -0.316 e. The molecular formula is C18H26N2S. The summed E-state index contributed by atoms with van der Waals surface area (Å²) in [4.78, 5) is 4.64. The van der Waals surface area contributed by atoms with Gasteiger partial charge in [-0.05, 0) is 25.5 Å². The summed E-state index contributed by atoms with van der Waals surface area (Å²) in [5.41, 5.74) is 2.64. The van der Waals surface area contributed by atoms with E-state index >= 15 is 0 Å². The maximum absolute atomic E-state index is 4.64. The molecular weight excluding hydrogens is 276 g/mol. The van der Waals surface area contributed by atoms with E-state index in [4.69, 9.17) is 0 Å². The van der Waals surface area contributed by atoms with Crippen LogP contribution in [0.3, 0.4) is 0 Å². The summed E-state index contributed by atoms with van der Waals surface area (Å²) < 4.78 is 0. The van der Waals surface area contributed by atoms with Crippen LogP contribution in [0.4, 0.5) is 0 Å². The molecule has 3 heteroatoms. The van der Waals surface area contributed by atoms with Gasteiger partial charge in [0.2, 0.25) is 0 Å². The van der Waals surface area contributed by atoms with Gasteiger partial charge >= 0.3 is 0 Å². The number of likely N-dealkylation sites (N-methyl/N-ethyl adjacent to an activating group) is 1. The van der Waals surface area contributed by atoms with E-state index < -0.39 is 0 Å². The van der Waals surface area contributed by atoms with E-state index in [0.29, 0.717) is 17.9 Å². The van der Waals surface area contributed by atoms with Crippen LogP contribution in [0.2, 0.25) is 0 Å². The van der Waals surface area contributed by atoms with Crippen LogP contribution in [-0.4, -0.2) is 18.1 Å². The molecule has 0 aliphatic carbocycles. The number of hydrogen-bond acceptors (Lipinski definition) is 3. The molecule has 1 heterocycles. The smallest absolute Gasteiger partial charge is 0.0897 e. The van der Waals surface area contributed by atoms with Gasteiger partial charge < -0.3 is 5.32 Å². The third-order valence-corrected chi connectivity index (χ3v) is 5.16. The monoisotopic (exact) mass is 302 g/mol. The van der Waals surface area contributed by atoms with Crippen LogP contribution >= 0.6 is 11.3 Å². The largest absolute Gasteiger partial charge is 0.316 e. The molecule has 2 aromatic rings. The summed E-state index contributed by atoms with van der Waals surface area (Å²) in [6, 6.07) is 11.3. The van der Waals surface area contributed by atoms with Crippen molar-refractivity contribution in [2.75, 3.05) is 7.05 Å². The number of aromatic nitrogens is 1. The molecule has 3 unspecified atom stereocenters. The third-order valence-electron chi connectivity index (χ3n) is 4.34. The molecule has 0 bridgehead atoms. The highest BCUT2D eigenvalue weighted by Crippen LogP contribution is 2.31. The Labute approximate surface area is 132 Å². The zero-order valence-corrected chi connectivity index (χ0v) is 14.3. The first-order valence-corrected chi connectivity index (χ1v) is 8.66. The Morgan fingerprint density at radius 2 is 1.95 bits per heavy atom. The number of nitrogens with zero attached hydrogens (tertiary/aromatic N) is 1. The number of rotatable bonds is 7. The number of hydrogen-bond donors (Lipinski definition) is 1. The molecule has 21 heavy (non-hydrogen) atoms. The Bertz CT molecular complexity index is 535. The predicted octanol–water partition coefficient (Wildman–Crippen LogP) is 4.41. The van der Waals surface area contributed by atoms with E-state index in [1.54, 1.807) is 11.3 Å². The zero-order valence-electron chi connectivity index (χ0n) is 13.5. The fourth-order valence-electron chi connectivity index (χ4n) is 3.02. The molecule has 0 aliphatic rings. The molecule has 0 radical (unpaired) electrons. The second kappa shape index (κ2) is 7.71. The van der Waals surface area contributed by atoms with Crippen molar-refractivity contribution in [2.45, 2.75) is 45.6 Å². The van der Waals surface area contributed by atoms with Crippen molar-refractivity contribution in [3.8, 4) is 0 Å². The van der Waals surface area contributed by atoms with Crippen molar-refractivity contribution >= 4 is 11.3 Å². The van der Waals surface area contributed by atoms with Gasteiger partial charge in [0.1, 0.15) is 0 Å². The maximum atomic E-state index is 4.64. The Morgan fingerprint density at radius 1 is 1.24 bits per heavy atom. The third kappa shape index (κ3) is 4.14. The van der Waals surface area contributed by atoms with Crippen molar-refractivity contribution < 1.29 is 0 Å². The molecule has 0 aliphatic heterocycles. The summed E-state index contributed by atoms with van der Waals surface area (Å²) in [6.07, 6.45) is 2.18. The van der Waals surface area contributed by atoms with E-state index in [1.165, 1.54) is 17.7 Å². The van der Waals surface area contributed by atoms with Crippen molar-refractivity contribution in [1.82, 2.24) is 10.3 Å². The van der Waals surface area contributed by atoms with Gasteiger partial charge in [-0.1, -0.05) is 50.6 Å². The second-order valence-corrected chi connectivity index (χ2v) is 6.84. The van der Waals surface area contributed by atoms with Gasteiger partial charge in [0.15, 0.2) is 0 Å². The first kappa shape index (κ1) is 16.2. The lowest BCUT2D eigenvalue weighted by Gasteiger charge is -2.31. The predicted molar refractivity (Wildman–Crippen MR) is 92.0 cm³/mol. The minimum atomic E-state index is 0.420. The normalized spacial score (nSPS) is 15.6. The molecule has 0 saturated carbocycles. The van der Waals surface area contributed by atoms with Gasteiger partial charge in [0.05, 0.1) is 10.7 Å². The molecule has 2 nitrogen and oxygen atoms in total. The zero-order chi connectivity index (χ0) is 15.2. The van der Waals surface area contributed by atoms with Crippen LogP contribution in [0, 0.1) is 12.8 Å². The highest BCUT2D eigenvalue weighted by molar-refractivity contribution is 7.09. The van der Waals surface area contributed by atoms with Gasteiger partial charge in [-0.2, -0.15) is 0 Å².